The maximum atomic E-state index is 10.3. The molecule has 0 aliphatic carbocycles. The van der Waals surface area contributed by atoms with E-state index in [0.29, 0.717) is 6.42 Å². The first-order valence-electron chi connectivity index (χ1n) is 5.98. The Kier molecular flexibility index (Phi) is 3.82. The Morgan fingerprint density at radius 3 is 2.94 bits per heavy atom. The number of hydrogen-bond donors (Lipinski definition) is 0. The average Bonchev–Trinajstić information content (AvgIpc) is 2.72. The molecule has 0 aromatic carbocycles. The van der Waals surface area contributed by atoms with E-state index >= 15 is 0 Å². The summed E-state index contributed by atoms with van der Waals surface area (Å²) in [4.78, 5) is 14.6. The van der Waals surface area contributed by atoms with Crippen LogP contribution < -0.4 is 0 Å². The Morgan fingerprint density at radius 1 is 1.39 bits per heavy atom. The lowest BCUT2D eigenvalue weighted by atomic mass is 10.2. The Balaban J connectivity index is 2.25. The van der Waals surface area contributed by atoms with Crippen LogP contribution in [0.2, 0.25) is 0 Å². The van der Waals surface area contributed by atoms with Crippen molar-refractivity contribution in [3.63, 3.8) is 0 Å². The predicted molar refractivity (Wildman–Crippen MR) is 68.0 cm³/mol. The standard InChI is InChI=1S/C13H16N4O/c1-10-11(6-5-8-14-10)13-16-15-12(17(13)2)7-3-4-9-18/h5-6,8-9H,3-4,7H2,1-2H3. The van der Waals surface area contributed by atoms with Crippen molar-refractivity contribution in [2.75, 3.05) is 0 Å². The van der Waals surface area contributed by atoms with Crippen molar-refractivity contribution in [2.45, 2.75) is 26.2 Å². The smallest absolute Gasteiger partial charge is 0.165 e. The topological polar surface area (TPSA) is 60.7 Å². The van der Waals surface area contributed by atoms with Crippen LogP contribution in [-0.2, 0) is 18.3 Å². The summed E-state index contributed by atoms with van der Waals surface area (Å²) in [6.07, 6.45) is 4.83. The molecule has 94 valence electrons. The maximum Gasteiger partial charge on any atom is 0.165 e. The van der Waals surface area contributed by atoms with Gasteiger partial charge in [0.25, 0.3) is 0 Å². The quantitative estimate of drug-likeness (QED) is 0.593. The van der Waals surface area contributed by atoms with Crippen molar-refractivity contribution in [3.05, 3.63) is 29.8 Å². The normalized spacial score (nSPS) is 10.6. The number of rotatable bonds is 5. The molecule has 5 nitrogen and oxygen atoms in total. The molecule has 5 heteroatoms. The van der Waals surface area contributed by atoms with Crippen LogP contribution in [0.4, 0.5) is 0 Å². The molecule has 0 aliphatic heterocycles. The number of aromatic nitrogens is 4. The molecule has 0 radical (unpaired) electrons. The van der Waals surface area contributed by atoms with Crippen molar-refractivity contribution in [3.8, 4) is 11.4 Å². The molecule has 0 fully saturated rings. The van der Waals surface area contributed by atoms with Crippen LogP contribution in [0.5, 0.6) is 0 Å². The Bertz CT molecular complexity index is 548. The van der Waals surface area contributed by atoms with E-state index in [0.717, 1.165) is 42.0 Å². The molecule has 0 atom stereocenters. The van der Waals surface area contributed by atoms with Gasteiger partial charge in [-0.05, 0) is 25.5 Å². The van der Waals surface area contributed by atoms with Crippen molar-refractivity contribution >= 4 is 6.29 Å². The molecule has 2 aromatic rings. The second-order valence-corrected chi connectivity index (χ2v) is 4.19. The van der Waals surface area contributed by atoms with Gasteiger partial charge in [0, 0.05) is 37.3 Å². The van der Waals surface area contributed by atoms with Crippen LogP contribution in [0.25, 0.3) is 11.4 Å². The van der Waals surface area contributed by atoms with Gasteiger partial charge in [-0.15, -0.1) is 10.2 Å². The average molecular weight is 244 g/mol. The van der Waals surface area contributed by atoms with E-state index in [2.05, 4.69) is 15.2 Å². The summed E-state index contributed by atoms with van der Waals surface area (Å²) in [7, 11) is 1.94. The van der Waals surface area contributed by atoms with Gasteiger partial charge in [-0.1, -0.05) is 0 Å². The van der Waals surface area contributed by atoms with Gasteiger partial charge in [0.1, 0.15) is 12.1 Å². The molecule has 18 heavy (non-hydrogen) atoms. The van der Waals surface area contributed by atoms with E-state index in [-0.39, 0.29) is 0 Å². The third-order valence-corrected chi connectivity index (χ3v) is 2.94. The number of carbonyl (C=O) groups is 1. The SMILES string of the molecule is Cc1ncccc1-c1nnc(CCCC=O)n1C. The molecule has 0 aliphatic rings. The van der Waals surface area contributed by atoms with Crippen LogP contribution in [0.1, 0.15) is 24.4 Å². The van der Waals surface area contributed by atoms with Gasteiger partial charge >= 0.3 is 0 Å². The van der Waals surface area contributed by atoms with E-state index in [1.807, 2.05) is 30.7 Å². The highest BCUT2D eigenvalue weighted by molar-refractivity contribution is 5.57. The van der Waals surface area contributed by atoms with Gasteiger partial charge in [-0.2, -0.15) is 0 Å². The molecule has 2 aromatic heterocycles. The Labute approximate surface area is 106 Å². The Morgan fingerprint density at radius 2 is 2.22 bits per heavy atom. The molecule has 0 amide bonds. The van der Waals surface area contributed by atoms with Crippen LogP contribution in [0, 0.1) is 6.92 Å². The number of aryl methyl sites for hydroxylation is 2. The van der Waals surface area contributed by atoms with E-state index in [9.17, 15) is 4.79 Å². The van der Waals surface area contributed by atoms with E-state index in [4.69, 9.17) is 0 Å². The lowest BCUT2D eigenvalue weighted by Gasteiger charge is -2.05. The van der Waals surface area contributed by atoms with Crippen LogP contribution >= 0.6 is 0 Å². The predicted octanol–water partition coefficient (Wildman–Crippen LogP) is 1.71. The highest BCUT2D eigenvalue weighted by atomic mass is 16.1. The van der Waals surface area contributed by atoms with Crippen molar-refractivity contribution in [1.29, 1.82) is 0 Å². The molecule has 2 heterocycles. The highest BCUT2D eigenvalue weighted by Gasteiger charge is 2.12. The maximum absolute atomic E-state index is 10.3. The van der Waals surface area contributed by atoms with Crippen molar-refractivity contribution in [1.82, 2.24) is 19.7 Å². The number of nitrogens with zero attached hydrogens (tertiary/aromatic N) is 4. The van der Waals surface area contributed by atoms with Gasteiger partial charge < -0.3 is 9.36 Å². The zero-order chi connectivity index (χ0) is 13.0. The van der Waals surface area contributed by atoms with Gasteiger partial charge in [0.15, 0.2) is 5.82 Å². The van der Waals surface area contributed by atoms with Crippen LogP contribution in [0.15, 0.2) is 18.3 Å². The second-order valence-electron chi connectivity index (χ2n) is 4.19. The lowest BCUT2D eigenvalue weighted by Crippen LogP contribution is -2.01. The minimum absolute atomic E-state index is 0.564. The van der Waals surface area contributed by atoms with Gasteiger partial charge in [-0.25, -0.2) is 0 Å². The second kappa shape index (κ2) is 5.53. The molecular formula is C13H16N4O. The van der Waals surface area contributed by atoms with Crippen molar-refractivity contribution in [2.24, 2.45) is 7.05 Å². The fraction of sp³-hybridized carbons (Fsp3) is 0.385. The van der Waals surface area contributed by atoms with Crippen LogP contribution in [-0.4, -0.2) is 26.0 Å². The van der Waals surface area contributed by atoms with Crippen LogP contribution in [0.3, 0.4) is 0 Å². The summed E-state index contributed by atoms with van der Waals surface area (Å²) in [5.74, 6) is 1.72. The highest BCUT2D eigenvalue weighted by Crippen LogP contribution is 2.19. The summed E-state index contributed by atoms with van der Waals surface area (Å²) >= 11 is 0. The van der Waals surface area contributed by atoms with E-state index < -0.39 is 0 Å². The zero-order valence-electron chi connectivity index (χ0n) is 10.6. The third kappa shape index (κ3) is 2.45. The number of hydrogen-bond acceptors (Lipinski definition) is 4. The van der Waals surface area contributed by atoms with Crippen molar-refractivity contribution < 1.29 is 4.79 Å². The molecule has 0 saturated heterocycles. The molecular weight excluding hydrogens is 228 g/mol. The minimum Gasteiger partial charge on any atom is -0.314 e. The third-order valence-electron chi connectivity index (χ3n) is 2.94. The number of carbonyl (C=O) groups excluding carboxylic acids is 1. The van der Waals surface area contributed by atoms with Gasteiger partial charge in [0.05, 0.1) is 0 Å². The minimum atomic E-state index is 0.564. The molecule has 2 rings (SSSR count). The largest absolute Gasteiger partial charge is 0.314 e. The summed E-state index contributed by atoms with van der Waals surface area (Å²) in [5, 5.41) is 8.38. The first kappa shape index (κ1) is 12.4. The van der Waals surface area contributed by atoms with E-state index in [1.54, 1.807) is 6.20 Å². The van der Waals surface area contributed by atoms with Gasteiger partial charge in [0.2, 0.25) is 0 Å². The molecule has 0 saturated carbocycles. The molecule has 0 spiro atoms. The molecule has 0 unspecified atom stereocenters. The Hall–Kier alpha value is -2.04. The lowest BCUT2D eigenvalue weighted by molar-refractivity contribution is -0.107. The fourth-order valence-electron chi connectivity index (χ4n) is 1.88. The number of aldehydes is 1. The number of pyridine rings is 1. The number of unbranched alkanes of at least 4 members (excludes halogenated alkanes) is 1. The zero-order valence-corrected chi connectivity index (χ0v) is 10.6. The molecule has 0 bridgehead atoms. The monoisotopic (exact) mass is 244 g/mol. The van der Waals surface area contributed by atoms with E-state index in [1.165, 1.54) is 0 Å². The summed E-state index contributed by atoms with van der Waals surface area (Å²) in [6, 6.07) is 3.88. The summed E-state index contributed by atoms with van der Waals surface area (Å²) in [6.45, 7) is 1.95. The molecule has 0 N–H and O–H groups in total. The summed E-state index contributed by atoms with van der Waals surface area (Å²) < 4.78 is 1.97. The first-order chi connectivity index (χ1) is 8.74. The van der Waals surface area contributed by atoms with Gasteiger partial charge in [-0.3, -0.25) is 4.98 Å². The summed E-state index contributed by atoms with van der Waals surface area (Å²) in [5.41, 5.74) is 1.93. The fourth-order valence-corrected chi connectivity index (χ4v) is 1.88. The first-order valence-corrected chi connectivity index (χ1v) is 5.98.